The van der Waals surface area contributed by atoms with Crippen molar-refractivity contribution in [2.75, 3.05) is 71.3 Å². The van der Waals surface area contributed by atoms with Gasteiger partial charge in [0.1, 0.15) is 43.6 Å². The highest BCUT2D eigenvalue weighted by Crippen LogP contribution is 2.66. The van der Waals surface area contributed by atoms with Gasteiger partial charge in [-0.25, -0.2) is 27.9 Å². The van der Waals surface area contributed by atoms with Crippen LogP contribution in [0.5, 0.6) is 0 Å². The van der Waals surface area contributed by atoms with Crippen molar-refractivity contribution < 1.29 is 80.1 Å². The third kappa shape index (κ3) is 12.6. The van der Waals surface area contributed by atoms with E-state index in [2.05, 4.69) is 28.8 Å². The van der Waals surface area contributed by atoms with Crippen molar-refractivity contribution in [1.29, 1.82) is 0 Å². The van der Waals surface area contributed by atoms with Crippen LogP contribution >= 0.6 is 23.5 Å². The molecule has 1 aliphatic carbocycles. The molecule has 1 saturated heterocycles. The second kappa shape index (κ2) is 20.1. The van der Waals surface area contributed by atoms with Crippen LogP contribution in [0.15, 0.2) is 76.1 Å². The van der Waals surface area contributed by atoms with Crippen LogP contribution in [-0.2, 0) is 36.3 Å². The number of aliphatic hydroxyl groups excluding tert-OH is 1. The number of aromatic carboxylic acids is 1. The van der Waals surface area contributed by atoms with Crippen LogP contribution < -0.4 is 31.2 Å². The van der Waals surface area contributed by atoms with Crippen LogP contribution in [0.2, 0.25) is 0 Å². The largest absolute Gasteiger partial charge is 0.490 e. The Morgan fingerprint density at radius 1 is 0.938 bits per heavy atom. The zero-order valence-corrected chi connectivity index (χ0v) is 37.7. The first-order chi connectivity index (χ1) is 30.5. The number of anilines is 2. The van der Waals surface area contributed by atoms with Gasteiger partial charge in [0.05, 0.1) is 37.6 Å². The van der Waals surface area contributed by atoms with Crippen LogP contribution in [0.25, 0.3) is 33.4 Å². The molecule has 5 atom stereocenters. The molecule has 65 heavy (non-hydrogen) atoms. The first kappa shape index (κ1) is 49.3. The number of aromatic nitrogens is 2. The van der Waals surface area contributed by atoms with Crippen LogP contribution in [-0.4, -0.2) is 125 Å². The van der Waals surface area contributed by atoms with Gasteiger partial charge in [0, 0.05) is 79.7 Å². The molecule has 1 aromatic heterocycles. The Balaban J connectivity index is 1.00. The molecular formula is C38H46N6O18P3+. The van der Waals surface area contributed by atoms with Crippen molar-refractivity contribution in [3.05, 3.63) is 93.8 Å². The summed E-state index contributed by atoms with van der Waals surface area (Å²) >= 11 is 0. The predicted octanol–water partition coefficient (Wildman–Crippen LogP) is 2.41. The van der Waals surface area contributed by atoms with Crippen LogP contribution in [0, 0.1) is 0 Å². The smallest absolute Gasteiger partial charge is 0.478 e. The molecule has 350 valence electrons. The molecular weight excluding hydrogens is 921 g/mol. The van der Waals surface area contributed by atoms with E-state index >= 15 is 0 Å². The molecule has 2 unspecified atom stereocenters. The Bertz CT molecular complexity index is 2840. The van der Waals surface area contributed by atoms with Gasteiger partial charge in [0.25, 0.3) is 5.91 Å². The molecule has 3 aromatic rings. The molecule has 2 aromatic carbocycles. The summed E-state index contributed by atoms with van der Waals surface area (Å²) in [6.45, 7) is -0.412. The topological polar surface area (TPSA) is 331 Å². The number of amides is 1. The summed E-state index contributed by atoms with van der Waals surface area (Å²) < 4.78 is 66.6. The highest BCUT2D eigenvalue weighted by molar-refractivity contribution is 7.66. The Kier molecular flexibility index (Phi) is 15.3. The first-order valence-corrected chi connectivity index (χ1v) is 23.9. The fraction of sp³-hybridized carbons (Fsp3) is 0.342. The number of phosphoric ester groups is 1. The number of carboxylic acids is 1. The molecule has 6 rings (SSSR count). The molecule has 3 aliphatic rings. The summed E-state index contributed by atoms with van der Waals surface area (Å²) in [6, 6.07) is 17.3. The molecule has 0 saturated carbocycles. The number of hydrogen-bond acceptors (Lipinski definition) is 16. The quantitative estimate of drug-likeness (QED) is 0.0255. The fourth-order valence-electron chi connectivity index (χ4n) is 6.72. The van der Waals surface area contributed by atoms with Gasteiger partial charge in [-0.15, -0.1) is 0 Å². The van der Waals surface area contributed by atoms with Crippen LogP contribution in [0.3, 0.4) is 0 Å². The van der Waals surface area contributed by atoms with Crippen molar-refractivity contribution in [2.24, 2.45) is 0 Å². The van der Waals surface area contributed by atoms with Gasteiger partial charge in [-0.05, 0) is 42.0 Å². The van der Waals surface area contributed by atoms with E-state index in [0.29, 0.717) is 33.4 Å². The van der Waals surface area contributed by atoms with Gasteiger partial charge in [0.2, 0.25) is 5.36 Å². The molecule has 2 aliphatic heterocycles. The lowest BCUT2D eigenvalue weighted by Gasteiger charge is -2.19. The van der Waals surface area contributed by atoms with Gasteiger partial charge in [-0.2, -0.15) is 13.6 Å². The average Bonchev–Trinajstić information content (AvgIpc) is 3.59. The van der Waals surface area contributed by atoms with E-state index < -0.39 is 66.1 Å². The number of carbonyl (C=O) groups is 2. The maximum atomic E-state index is 13.2. The van der Waals surface area contributed by atoms with Gasteiger partial charge in [-0.3, -0.25) is 13.9 Å². The van der Waals surface area contributed by atoms with Gasteiger partial charge >= 0.3 is 35.1 Å². The molecule has 8 N–H and O–H groups in total. The number of aliphatic hydroxyl groups is 1. The van der Waals surface area contributed by atoms with Crippen molar-refractivity contribution in [3.8, 4) is 22.5 Å². The molecule has 0 spiro atoms. The molecule has 1 fully saturated rings. The van der Waals surface area contributed by atoms with E-state index in [4.69, 9.17) is 23.7 Å². The van der Waals surface area contributed by atoms with Gasteiger partial charge in [0.15, 0.2) is 0 Å². The Morgan fingerprint density at radius 2 is 1.66 bits per heavy atom. The lowest BCUT2D eigenvalue weighted by Crippen LogP contribution is -2.29. The number of benzene rings is 3. The standard InChI is InChI=1S/C38H45N6O18P3/c1-42(2)23-6-9-26-30(18-23)59-31-19-24(43(3)4)7-10-27(31)35(26)25-8-5-22(17-28(25)37(47)48)36(46)40-13-16-57-15-12-39-33-11-14-44(38(49)41-33)34-20-29(45)32(60-34)21-58-64(53,54)62-65(55,56)61-63(50,51)52/h5-11,14,17-19,29,32,34,45H,12-13,15-16,20-21H2,1-4H3,(H6-,39,40,41,46,47,48,49,50,51,52,53,54,55,56)/p+1/t29-,32+,34+/m0/s1. The van der Waals surface area contributed by atoms with Gasteiger partial charge in [-0.1, -0.05) is 6.07 Å². The lowest BCUT2D eigenvalue weighted by atomic mass is 9.89. The van der Waals surface area contributed by atoms with E-state index in [9.17, 15) is 48.1 Å². The summed E-state index contributed by atoms with van der Waals surface area (Å²) in [5.74, 6) is -1.02. The predicted molar refractivity (Wildman–Crippen MR) is 231 cm³/mol. The third-order valence-corrected chi connectivity index (χ3v) is 13.6. The van der Waals surface area contributed by atoms with Crippen molar-refractivity contribution in [3.63, 3.8) is 0 Å². The van der Waals surface area contributed by atoms with E-state index in [1.165, 1.54) is 18.3 Å². The number of nitrogens with zero attached hydrogens (tertiary/aromatic N) is 4. The number of hydrogen-bond donors (Lipinski definition) is 8. The van der Waals surface area contributed by atoms with Crippen molar-refractivity contribution in [2.45, 2.75) is 24.9 Å². The summed E-state index contributed by atoms with van der Waals surface area (Å²) in [5.41, 5.74) is 2.45. The first-order valence-electron chi connectivity index (χ1n) is 19.4. The molecule has 3 heterocycles. The number of nitrogens with one attached hydrogen (secondary N) is 2. The molecule has 0 radical (unpaired) electrons. The number of carbonyl (C=O) groups excluding carboxylic acids is 1. The lowest BCUT2D eigenvalue weighted by molar-refractivity contribution is -0.0449. The minimum Gasteiger partial charge on any atom is -0.478 e. The average molecular weight is 968 g/mol. The van der Waals surface area contributed by atoms with E-state index in [0.717, 1.165) is 15.6 Å². The maximum absolute atomic E-state index is 13.2. The molecule has 1 amide bonds. The Morgan fingerprint density at radius 3 is 2.34 bits per heavy atom. The monoisotopic (exact) mass is 967 g/mol. The maximum Gasteiger partial charge on any atom is 0.490 e. The molecule has 27 heteroatoms. The summed E-state index contributed by atoms with van der Waals surface area (Å²) in [4.78, 5) is 80.8. The number of rotatable bonds is 19. The third-order valence-electron chi connectivity index (χ3n) is 9.75. The zero-order chi connectivity index (χ0) is 47.4. The number of fused-ring (bicyclic) bond motifs is 2. The fourth-order valence-corrected chi connectivity index (χ4v) is 9.75. The normalized spacial score (nSPS) is 18.3. The highest BCUT2D eigenvalue weighted by atomic mass is 31.3. The summed E-state index contributed by atoms with van der Waals surface area (Å²) in [5, 5.41) is 28.0. The Labute approximate surface area is 369 Å². The SMILES string of the molecule is CN(C)c1ccc2c(-c3ccc(C(=O)NCCOCCNc4ccn([C@H]5C[C@H](O)[C@@H](COP(=O)(O)OP(=O)(O)OP(=O)(O)O)O5)c(=O)n4)cc3C(=O)O)c3ccc(=[N+](C)C)cc-3oc2c1. The van der Waals surface area contributed by atoms with Crippen molar-refractivity contribution >= 4 is 57.8 Å². The van der Waals surface area contributed by atoms with Gasteiger partial charge < -0.3 is 59.2 Å². The summed E-state index contributed by atoms with van der Waals surface area (Å²) in [6.07, 6.45) is -2.73. The minimum atomic E-state index is -5.75. The van der Waals surface area contributed by atoms with E-state index in [-0.39, 0.29) is 49.7 Å². The molecule has 0 bridgehead atoms. The highest BCUT2D eigenvalue weighted by Gasteiger charge is 2.43. The number of carboxylic acid groups (broad SMARTS) is 1. The van der Waals surface area contributed by atoms with Crippen molar-refractivity contribution in [1.82, 2.24) is 19.4 Å². The number of ether oxygens (including phenoxy) is 2. The summed E-state index contributed by atoms with van der Waals surface area (Å²) in [7, 11) is -9.18. The van der Waals surface area contributed by atoms with Crippen LogP contribution in [0.1, 0.15) is 33.4 Å². The minimum absolute atomic E-state index is 0.0753. The second-order valence-electron chi connectivity index (χ2n) is 14.8. The number of phosphoric acid groups is 3. The van der Waals surface area contributed by atoms with E-state index in [1.54, 1.807) is 12.1 Å². The Hall–Kier alpha value is -5.16. The zero-order valence-electron chi connectivity index (χ0n) is 35.0. The second-order valence-corrected chi connectivity index (χ2v) is 19.2. The van der Waals surface area contributed by atoms with E-state index in [1.807, 2.05) is 74.1 Å². The molecule has 24 nitrogen and oxygen atoms in total. The van der Waals surface area contributed by atoms with Crippen LogP contribution in [0.4, 0.5) is 11.5 Å².